The van der Waals surface area contributed by atoms with Crippen LogP contribution in [0.4, 0.5) is 0 Å². The predicted molar refractivity (Wildman–Crippen MR) is 104 cm³/mol. The van der Waals surface area contributed by atoms with E-state index in [-0.39, 0.29) is 17.9 Å². The summed E-state index contributed by atoms with van der Waals surface area (Å²) >= 11 is 0. The van der Waals surface area contributed by atoms with Crippen LogP contribution >= 0.6 is 0 Å². The third-order valence-electron chi connectivity index (χ3n) is 4.54. The Morgan fingerprint density at radius 1 is 1.22 bits per heavy atom. The first-order valence-electron chi connectivity index (χ1n) is 8.86. The van der Waals surface area contributed by atoms with Gasteiger partial charge in [0.05, 0.1) is 18.8 Å². The number of para-hydroxylation sites is 1. The van der Waals surface area contributed by atoms with Gasteiger partial charge in [0, 0.05) is 17.7 Å². The van der Waals surface area contributed by atoms with Gasteiger partial charge in [0.15, 0.2) is 0 Å². The number of hydrogen-bond donors (Lipinski definition) is 1. The Bertz CT molecular complexity index is 925. The molecule has 2 aromatic rings. The predicted octanol–water partition coefficient (Wildman–Crippen LogP) is 4.14. The number of rotatable bonds is 5. The molecule has 5 nitrogen and oxygen atoms in total. The number of carbonyl (C=O) groups is 1. The van der Waals surface area contributed by atoms with Crippen molar-refractivity contribution in [2.75, 3.05) is 7.11 Å². The van der Waals surface area contributed by atoms with E-state index >= 15 is 0 Å². The van der Waals surface area contributed by atoms with Gasteiger partial charge in [-0.25, -0.2) is 0 Å². The van der Waals surface area contributed by atoms with Crippen LogP contribution in [0.5, 0.6) is 11.5 Å². The quantitative estimate of drug-likeness (QED) is 0.809. The first kappa shape index (κ1) is 18.7. The highest BCUT2D eigenvalue weighted by atomic mass is 16.5. The maximum absolute atomic E-state index is 11.9. The fourth-order valence-electron chi connectivity index (χ4n) is 3.07. The molecule has 5 heteroatoms. The average Bonchev–Trinajstić information content (AvgIpc) is 2.83. The molecule has 0 saturated carbocycles. The van der Waals surface area contributed by atoms with Crippen molar-refractivity contribution in [1.82, 2.24) is 5.32 Å². The molecule has 0 aliphatic carbocycles. The van der Waals surface area contributed by atoms with Gasteiger partial charge in [0.1, 0.15) is 17.5 Å². The molecular formula is C22H22N2O3. The number of nitrogens with one attached hydrogen (secondary N) is 1. The summed E-state index contributed by atoms with van der Waals surface area (Å²) in [5, 5.41) is 12.8. The number of carbonyl (C=O) groups excluding carboxylic acids is 1. The lowest BCUT2D eigenvalue weighted by Crippen LogP contribution is -2.41. The van der Waals surface area contributed by atoms with Crippen molar-refractivity contribution in [3.8, 4) is 17.6 Å². The Hall–Kier alpha value is -3.10. The fourth-order valence-corrected chi connectivity index (χ4v) is 3.07. The molecule has 0 spiro atoms. The standard InChI is InChI=1S/C22H22N2O3/c1-14(2)21(22(25)26-3)24-13-15-8-9-18-17(12-23)11-16-6-4-5-7-19(16)27-20(18)10-15/h4-11,14,21,24H,13H2,1-3H3/t21-/m0/s1. The van der Waals surface area contributed by atoms with Gasteiger partial charge in [-0.3, -0.25) is 4.79 Å². The molecule has 0 saturated heterocycles. The minimum Gasteiger partial charge on any atom is -0.468 e. The number of benzene rings is 2. The van der Waals surface area contributed by atoms with E-state index < -0.39 is 0 Å². The number of nitrogens with zero attached hydrogens (tertiary/aromatic N) is 1. The van der Waals surface area contributed by atoms with Crippen molar-refractivity contribution >= 4 is 17.6 Å². The molecule has 1 aliphatic rings. The Kier molecular flexibility index (Phi) is 5.58. The van der Waals surface area contributed by atoms with Crippen LogP contribution in [0, 0.1) is 17.2 Å². The Morgan fingerprint density at radius 3 is 2.70 bits per heavy atom. The highest BCUT2D eigenvalue weighted by Gasteiger charge is 2.23. The molecule has 0 amide bonds. The van der Waals surface area contributed by atoms with Gasteiger partial charge in [0.2, 0.25) is 0 Å². The van der Waals surface area contributed by atoms with Gasteiger partial charge in [0.25, 0.3) is 0 Å². The number of fused-ring (bicyclic) bond motifs is 2. The molecule has 138 valence electrons. The topological polar surface area (TPSA) is 71.3 Å². The van der Waals surface area contributed by atoms with Crippen molar-refractivity contribution in [2.45, 2.75) is 26.4 Å². The summed E-state index contributed by atoms with van der Waals surface area (Å²) in [6.07, 6.45) is 1.84. The molecule has 0 unspecified atom stereocenters. The third kappa shape index (κ3) is 4.02. The SMILES string of the molecule is COC(=O)[C@@H](NCc1ccc2c(c1)Oc1ccccc1C=C2C#N)C(C)C. The number of hydrogen-bond acceptors (Lipinski definition) is 5. The fraction of sp³-hybridized carbons (Fsp3) is 0.273. The van der Waals surface area contributed by atoms with E-state index in [1.807, 2.05) is 62.4 Å². The van der Waals surface area contributed by atoms with Gasteiger partial charge in [-0.1, -0.05) is 38.1 Å². The van der Waals surface area contributed by atoms with Crippen molar-refractivity contribution in [3.63, 3.8) is 0 Å². The lowest BCUT2D eigenvalue weighted by molar-refractivity contribution is -0.144. The van der Waals surface area contributed by atoms with Crippen molar-refractivity contribution in [2.24, 2.45) is 5.92 Å². The van der Waals surface area contributed by atoms with Crippen LogP contribution < -0.4 is 10.1 Å². The second-order valence-corrected chi connectivity index (χ2v) is 6.77. The summed E-state index contributed by atoms with van der Waals surface area (Å²) in [5.74, 6) is 1.17. The lowest BCUT2D eigenvalue weighted by atomic mass is 10.0. The first-order chi connectivity index (χ1) is 13.0. The third-order valence-corrected chi connectivity index (χ3v) is 4.54. The number of methoxy groups -OCH3 is 1. The van der Waals surface area contributed by atoms with Gasteiger partial charge < -0.3 is 14.8 Å². The zero-order valence-electron chi connectivity index (χ0n) is 15.7. The van der Waals surface area contributed by atoms with Crippen molar-refractivity contribution in [3.05, 3.63) is 59.2 Å². The Morgan fingerprint density at radius 2 is 2.00 bits per heavy atom. The summed E-state index contributed by atoms with van der Waals surface area (Å²) < 4.78 is 10.9. The van der Waals surface area contributed by atoms with Crippen LogP contribution in [0.2, 0.25) is 0 Å². The molecule has 27 heavy (non-hydrogen) atoms. The van der Waals surface area contributed by atoms with Gasteiger partial charge >= 0.3 is 5.97 Å². The van der Waals surface area contributed by atoms with E-state index in [0.29, 0.717) is 23.6 Å². The molecule has 0 radical (unpaired) electrons. The monoisotopic (exact) mass is 362 g/mol. The van der Waals surface area contributed by atoms with Crippen LogP contribution in [0.3, 0.4) is 0 Å². The number of allylic oxidation sites excluding steroid dienone is 1. The molecule has 1 atom stereocenters. The summed E-state index contributed by atoms with van der Waals surface area (Å²) in [7, 11) is 1.39. The highest BCUT2D eigenvalue weighted by molar-refractivity contribution is 5.94. The molecule has 1 heterocycles. The van der Waals surface area contributed by atoms with Gasteiger partial charge in [-0.05, 0) is 35.8 Å². The van der Waals surface area contributed by atoms with Crippen molar-refractivity contribution in [1.29, 1.82) is 5.26 Å². The van der Waals surface area contributed by atoms with Crippen LogP contribution in [0.15, 0.2) is 42.5 Å². The summed E-state index contributed by atoms with van der Waals surface area (Å²) in [5.41, 5.74) is 3.14. The average molecular weight is 362 g/mol. The van der Waals surface area contributed by atoms with E-state index in [2.05, 4.69) is 11.4 Å². The molecule has 2 aromatic carbocycles. The number of nitriles is 1. The summed E-state index contributed by atoms with van der Waals surface area (Å²) in [4.78, 5) is 11.9. The molecule has 1 N–H and O–H groups in total. The number of ether oxygens (including phenoxy) is 2. The zero-order chi connectivity index (χ0) is 19.4. The van der Waals surface area contributed by atoms with Crippen LogP contribution in [-0.2, 0) is 16.1 Å². The van der Waals surface area contributed by atoms with Crippen LogP contribution in [-0.4, -0.2) is 19.1 Å². The molecular weight excluding hydrogens is 340 g/mol. The van der Waals surface area contributed by atoms with E-state index in [0.717, 1.165) is 16.7 Å². The van der Waals surface area contributed by atoms with E-state index in [9.17, 15) is 10.1 Å². The number of esters is 1. The lowest BCUT2D eigenvalue weighted by Gasteiger charge is -2.20. The first-order valence-corrected chi connectivity index (χ1v) is 8.86. The molecule has 0 fully saturated rings. The smallest absolute Gasteiger partial charge is 0.323 e. The maximum atomic E-state index is 11.9. The minimum atomic E-state index is -0.384. The van der Waals surface area contributed by atoms with Gasteiger partial charge in [-0.2, -0.15) is 5.26 Å². The Balaban J connectivity index is 1.88. The second-order valence-electron chi connectivity index (χ2n) is 6.77. The zero-order valence-corrected chi connectivity index (χ0v) is 15.7. The maximum Gasteiger partial charge on any atom is 0.323 e. The van der Waals surface area contributed by atoms with Crippen LogP contribution in [0.25, 0.3) is 11.6 Å². The summed E-state index contributed by atoms with van der Waals surface area (Å²) in [6.45, 7) is 4.42. The Labute approximate surface area is 159 Å². The minimum absolute atomic E-state index is 0.106. The second kappa shape index (κ2) is 8.07. The van der Waals surface area contributed by atoms with Gasteiger partial charge in [-0.15, -0.1) is 0 Å². The molecule has 0 bridgehead atoms. The normalized spacial score (nSPS) is 13.4. The highest BCUT2D eigenvalue weighted by Crippen LogP contribution is 2.38. The summed E-state index contributed by atoms with van der Waals surface area (Å²) in [6, 6.07) is 15.2. The van der Waals surface area contributed by atoms with E-state index in [4.69, 9.17) is 9.47 Å². The van der Waals surface area contributed by atoms with Crippen molar-refractivity contribution < 1.29 is 14.3 Å². The van der Waals surface area contributed by atoms with E-state index in [1.165, 1.54) is 7.11 Å². The largest absolute Gasteiger partial charge is 0.468 e. The molecule has 1 aliphatic heterocycles. The molecule has 0 aromatic heterocycles. The van der Waals surface area contributed by atoms with Crippen LogP contribution in [0.1, 0.15) is 30.5 Å². The van der Waals surface area contributed by atoms with E-state index in [1.54, 1.807) is 0 Å². The molecule has 3 rings (SSSR count).